The van der Waals surface area contributed by atoms with Crippen LogP contribution in [-0.2, 0) is 16.0 Å². The predicted octanol–water partition coefficient (Wildman–Crippen LogP) is 4.73. The molecule has 1 saturated heterocycles. The third kappa shape index (κ3) is 4.94. The van der Waals surface area contributed by atoms with Crippen LogP contribution in [0, 0.1) is 12.4 Å². The van der Waals surface area contributed by atoms with Crippen molar-refractivity contribution in [3.05, 3.63) is 83.6 Å². The van der Waals surface area contributed by atoms with Crippen molar-refractivity contribution in [2.75, 3.05) is 32.2 Å². The number of carbonyl (C=O) groups is 1. The van der Waals surface area contributed by atoms with Gasteiger partial charge in [-0.1, -0.05) is 24.3 Å². The smallest absolute Gasteiger partial charge is 0.248 e. The highest BCUT2D eigenvalue weighted by molar-refractivity contribution is 5.78. The zero-order chi connectivity index (χ0) is 23.4. The molecule has 0 N–H and O–H groups in total. The Bertz CT molecular complexity index is 1190. The van der Waals surface area contributed by atoms with Crippen molar-refractivity contribution in [1.29, 1.82) is 0 Å². The molecule has 1 aromatic heterocycles. The summed E-state index contributed by atoms with van der Waals surface area (Å²) in [6.07, 6.45) is 2.26. The normalized spacial score (nSPS) is 15.8. The lowest BCUT2D eigenvalue weighted by Crippen LogP contribution is -2.47. The molecule has 8 heteroatoms. The maximum absolute atomic E-state index is 14.8. The van der Waals surface area contributed by atoms with Crippen LogP contribution >= 0.6 is 0 Å². The van der Waals surface area contributed by atoms with Gasteiger partial charge in [0.1, 0.15) is 18.2 Å². The van der Waals surface area contributed by atoms with Gasteiger partial charge in [0.2, 0.25) is 11.6 Å². The first-order chi connectivity index (χ1) is 16.0. The van der Waals surface area contributed by atoms with Crippen LogP contribution in [0.25, 0.3) is 4.85 Å². The molecule has 1 aliphatic rings. The molecule has 168 valence electrons. The van der Waals surface area contributed by atoms with Crippen molar-refractivity contribution in [3.63, 3.8) is 0 Å². The molecule has 0 saturated carbocycles. The van der Waals surface area contributed by atoms with Gasteiger partial charge in [-0.2, -0.15) is 0 Å². The number of carbonyl (C=O) groups excluding carboxylic acids is 1. The summed E-state index contributed by atoms with van der Waals surface area (Å²) in [5, 5.41) is 0. The number of likely N-dealkylation sites (N-methyl/N-ethyl adjacent to an activating group) is 1. The molecule has 2 aromatic carbocycles. The van der Waals surface area contributed by atoms with Crippen molar-refractivity contribution in [3.8, 4) is 11.5 Å². The van der Waals surface area contributed by atoms with E-state index in [1.54, 1.807) is 66.5 Å². The number of ether oxygens (including phenoxy) is 2. The molecular weight excluding hydrogens is 423 g/mol. The van der Waals surface area contributed by atoms with E-state index in [-0.39, 0.29) is 24.3 Å². The lowest BCUT2D eigenvalue weighted by atomic mass is 10.0. The highest BCUT2D eigenvalue weighted by Gasteiger charge is 2.25. The van der Waals surface area contributed by atoms with E-state index in [1.807, 2.05) is 12.1 Å². The first-order valence-electron chi connectivity index (χ1n) is 10.4. The van der Waals surface area contributed by atoms with Gasteiger partial charge in [-0.05, 0) is 36.2 Å². The number of amides is 1. The summed E-state index contributed by atoms with van der Waals surface area (Å²) in [6, 6.07) is 15.3. The number of benzene rings is 2. The SMILES string of the molecule is [C-]#[N+]c1cccnc1N(C)c1ccc(Oc2ccc(CC3COCC(=O)N3C)cc2)c(F)c1. The summed E-state index contributed by atoms with van der Waals surface area (Å²) in [7, 11) is 3.51. The lowest BCUT2D eigenvalue weighted by molar-refractivity contribution is -0.145. The van der Waals surface area contributed by atoms with Gasteiger partial charge < -0.3 is 19.3 Å². The Morgan fingerprint density at radius 3 is 2.79 bits per heavy atom. The zero-order valence-corrected chi connectivity index (χ0v) is 18.4. The van der Waals surface area contributed by atoms with E-state index in [4.69, 9.17) is 16.0 Å². The molecule has 3 aromatic rings. The number of pyridine rings is 1. The summed E-state index contributed by atoms with van der Waals surface area (Å²) in [5.41, 5.74) is 1.96. The molecule has 0 spiro atoms. The number of anilines is 2. The third-order valence-corrected chi connectivity index (χ3v) is 5.61. The van der Waals surface area contributed by atoms with Gasteiger partial charge in [0.05, 0.1) is 19.2 Å². The van der Waals surface area contributed by atoms with Gasteiger partial charge in [0, 0.05) is 32.0 Å². The van der Waals surface area contributed by atoms with Crippen LogP contribution in [0.4, 0.5) is 21.6 Å². The molecule has 2 heterocycles. The van der Waals surface area contributed by atoms with Crippen molar-refractivity contribution in [2.24, 2.45) is 0 Å². The standard InChI is InChI=1S/C25H23FN4O3/c1-27-22-5-4-12-28-25(22)30(3)18-8-11-23(21(26)14-18)33-20-9-6-17(7-10-20)13-19-15-32-16-24(31)29(19)2/h4-12,14,19H,13,15-16H2,2-3H3. The first kappa shape index (κ1) is 22.2. The summed E-state index contributed by atoms with van der Waals surface area (Å²) < 4.78 is 25.9. The molecule has 1 unspecified atom stereocenters. The largest absolute Gasteiger partial charge is 0.454 e. The van der Waals surface area contributed by atoms with Crippen LogP contribution in [0.2, 0.25) is 0 Å². The van der Waals surface area contributed by atoms with E-state index in [9.17, 15) is 9.18 Å². The maximum atomic E-state index is 14.8. The van der Waals surface area contributed by atoms with Crippen LogP contribution < -0.4 is 9.64 Å². The third-order valence-electron chi connectivity index (χ3n) is 5.61. The Hall–Kier alpha value is -3.96. The second kappa shape index (κ2) is 9.67. The highest BCUT2D eigenvalue weighted by Crippen LogP contribution is 2.33. The van der Waals surface area contributed by atoms with Crippen LogP contribution in [-0.4, -0.2) is 49.1 Å². The average Bonchev–Trinajstić information content (AvgIpc) is 2.84. The molecule has 0 bridgehead atoms. The van der Waals surface area contributed by atoms with Gasteiger partial charge in [-0.3, -0.25) is 9.78 Å². The quantitative estimate of drug-likeness (QED) is 0.513. The Morgan fingerprint density at radius 2 is 2.06 bits per heavy atom. The monoisotopic (exact) mass is 446 g/mol. The van der Waals surface area contributed by atoms with Gasteiger partial charge in [0.15, 0.2) is 11.6 Å². The van der Waals surface area contributed by atoms with E-state index < -0.39 is 5.82 Å². The summed E-state index contributed by atoms with van der Waals surface area (Å²) in [5.74, 6) is 0.500. The van der Waals surface area contributed by atoms with Crippen LogP contribution in [0.1, 0.15) is 5.56 Å². The van der Waals surface area contributed by atoms with Crippen molar-refractivity contribution < 1.29 is 18.7 Å². The first-order valence-corrected chi connectivity index (χ1v) is 10.4. The minimum Gasteiger partial charge on any atom is -0.454 e. The minimum absolute atomic E-state index is 0.0116. The van der Waals surface area contributed by atoms with Crippen molar-refractivity contribution in [1.82, 2.24) is 9.88 Å². The van der Waals surface area contributed by atoms with Crippen molar-refractivity contribution >= 4 is 23.1 Å². The number of hydrogen-bond acceptors (Lipinski definition) is 5. The molecule has 1 fully saturated rings. The second-order valence-corrected chi connectivity index (χ2v) is 7.76. The van der Waals surface area contributed by atoms with E-state index in [1.165, 1.54) is 6.07 Å². The summed E-state index contributed by atoms with van der Waals surface area (Å²) >= 11 is 0. The van der Waals surface area contributed by atoms with Crippen LogP contribution in [0.15, 0.2) is 60.8 Å². The molecule has 4 rings (SSSR count). The Labute approximate surface area is 191 Å². The molecule has 1 amide bonds. The zero-order valence-electron chi connectivity index (χ0n) is 18.4. The molecule has 1 atom stereocenters. The van der Waals surface area contributed by atoms with E-state index in [0.717, 1.165) is 5.56 Å². The number of hydrogen-bond donors (Lipinski definition) is 0. The fourth-order valence-electron chi connectivity index (χ4n) is 3.63. The number of aromatic nitrogens is 1. The molecule has 1 aliphatic heterocycles. The van der Waals surface area contributed by atoms with Gasteiger partial charge in [0.25, 0.3) is 0 Å². The molecular formula is C25H23FN4O3. The van der Waals surface area contributed by atoms with Gasteiger partial charge in [-0.15, -0.1) is 0 Å². The van der Waals surface area contributed by atoms with Crippen LogP contribution in [0.5, 0.6) is 11.5 Å². The Morgan fingerprint density at radius 1 is 1.27 bits per heavy atom. The van der Waals surface area contributed by atoms with E-state index >= 15 is 0 Å². The number of morpholine rings is 1. The molecule has 33 heavy (non-hydrogen) atoms. The fourth-order valence-corrected chi connectivity index (χ4v) is 3.63. The van der Waals surface area contributed by atoms with Gasteiger partial charge in [-0.25, -0.2) is 9.24 Å². The number of rotatable bonds is 6. The topological polar surface area (TPSA) is 59.3 Å². The summed E-state index contributed by atoms with van der Waals surface area (Å²) in [4.78, 5) is 22.9. The minimum atomic E-state index is -0.525. The highest BCUT2D eigenvalue weighted by atomic mass is 19.1. The van der Waals surface area contributed by atoms with E-state index in [0.29, 0.717) is 36.0 Å². The molecule has 7 nitrogen and oxygen atoms in total. The van der Waals surface area contributed by atoms with Crippen LogP contribution in [0.3, 0.4) is 0 Å². The van der Waals surface area contributed by atoms with Crippen molar-refractivity contribution in [2.45, 2.75) is 12.5 Å². The molecule has 0 aliphatic carbocycles. The fraction of sp³-hybridized carbons (Fsp3) is 0.240. The maximum Gasteiger partial charge on any atom is 0.248 e. The summed E-state index contributed by atoms with van der Waals surface area (Å²) in [6.45, 7) is 7.92. The average molecular weight is 446 g/mol. The number of nitrogens with zero attached hydrogens (tertiary/aromatic N) is 4. The Kier molecular flexibility index (Phi) is 6.52. The molecule has 0 radical (unpaired) electrons. The number of halogens is 1. The van der Waals surface area contributed by atoms with Gasteiger partial charge >= 0.3 is 0 Å². The second-order valence-electron chi connectivity index (χ2n) is 7.76. The Balaban J connectivity index is 1.44. The van der Waals surface area contributed by atoms with E-state index in [2.05, 4.69) is 9.83 Å². The lowest BCUT2D eigenvalue weighted by Gasteiger charge is -2.32. The predicted molar refractivity (Wildman–Crippen MR) is 123 cm³/mol.